The Hall–Kier alpha value is -2.62. The van der Waals surface area contributed by atoms with E-state index in [9.17, 15) is 14.0 Å². The van der Waals surface area contributed by atoms with Gasteiger partial charge in [-0.2, -0.15) is 5.26 Å². The summed E-state index contributed by atoms with van der Waals surface area (Å²) < 4.78 is 18.1. The summed E-state index contributed by atoms with van der Waals surface area (Å²) in [6.07, 6.45) is -1.82. The molecule has 0 unspecified atom stereocenters. The molecule has 1 atom stereocenters. The molecule has 0 spiro atoms. The van der Waals surface area contributed by atoms with Crippen molar-refractivity contribution in [3.63, 3.8) is 0 Å². The predicted molar refractivity (Wildman–Crippen MR) is 57.9 cm³/mol. The number of hydrogen-bond acceptors (Lipinski definition) is 4. The first-order valence-corrected chi connectivity index (χ1v) is 5.00. The summed E-state index contributed by atoms with van der Waals surface area (Å²) in [4.78, 5) is 23.4. The summed E-state index contributed by atoms with van der Waals surface area (Å²) in [6.45, 7) is -0.0699. The van der Waals surface area contributed by atoms with Gasteiger partial charge in [0, 0.05) is 0 Å². The van der Waals surface area contributed by atoms with Gasteiger partial charge in [-0.1, -0.05) is 0 Å². The van der Waals surface area contributed by atoms with E-state index in [1.807, 2.05) is 0 Å². The summed E-state index contributed by atoms with van der Waals surface area (Å²) in [5.74, 6) is -1.51. The van der Waals surface area contributed by atoms with E-state index in [0.717, 1.165) is 11.0 Å². The predicted octanol–water partition coefficient (Wildman–Crippen LogP) is 0.508. The highest BCUT2D eigenvalue weighted by atomic mass is 19.1. The van der Waals surface area contributed by atoms with Crippen LogP contribution < -0.4 is 10.6 Å². The van der Waals surface area contributed by atoms with Crippen LogP contribution in [0.1, 0.15) is 5.56 Å². The minimum absolute atomic E-state index is 0.0699. The molecule has 1 aliphatic rings. The number of nitrogens with zero attached hydrogens (tertiary/aromatic N) is 2. The fourth-order valence-corrected chi connectivity index (χ4v) is 1.58. The van der Waals surface area contributed by atoms with Gasteiger partial charge in [-0.3, -0.25) is 9.69 Å². The first kappa shape index (κ1) is 11.9. The Morgan fingerprint density at radius 1 is 1.61 bits per heavy atom. The molecule has 1 fully saturated rings. The van der Waals surface area contributed by atoms with Crippen molar-refractivity contribution in [3.8, 4) is 6.07 Å². The van der Waals surface area contributed by atoms with Crippen LogP contribution in [0.3, 0.4) is 0 Å². The van der Waals surface area contributed by atoms with Crippen LogP contribution in [0.4, 0.5) is 14.9 Å². The summed E-state index contributed by atoms with van der Waals surface area (Å²) >= 11 is 0. The molecule has 2 amide bonds. The summed E-state index contributed by atoms with van der Waals surface area (Å²) in [7, 11) is 0. The van der Waals surface area contributed by atoms with Gasteiger partial charge >= 0.3 is 6.09 Å². The van der Waals surface area contributed by atoms with E-state index >= 15 is 0 Å². The normalized spacial score (nSPS) is 18.3. The summed E-state index contributed by atoms with van der Waals surface area (Å²) in [6, 6.07) is 5.34. The number of halogens is 1. The Morgan fingerprint density at radius 3 is 2.83 bits per heavy atom. The van der Waals surface area contributed by atoms with E-state index in [-0.39, 0.29) is 17.8 Å². The number of carbonyl (C=O) groups excluding carboxylic acids is 2. The van der Waals surface area contributed by atoms with Crippen molar-refractivity contribution in [3.05, 3.63) is 29.6 Å². The van der Waals surface area contributed by atoms with Crippen molar-refractivity contribution in [1.29, 1.82) is 5.26 Å². The van der Waals surface area contributed by atoms with Gasteiger partial charge in [-0.25, -0.2) is 9.18 Å². The molecule has 0 saturated carbocycles. The highest BCUT2D eigenvalue weighted by molar-refractivity contribution is 5.95. The molecule has 1 aliphatic heterocycles. The maximum absolute atomic E-state index is 13.4. The maximum Gasteiger partial charge on any atom is 0.415 e. The Morgan fingerprint density at radius 2 is 2.33 bits per heavy atom. The molecule has 2 rings (SSSR count). The van der Waals surface area contributed by atoms with Gasteiger partial charge in [-0.15, -0.1) is 0 Å². The van der Waals surface area contributed by atoms with Crippen LogP contribution in [0, 0.1) is 17.1 Å². The molecular weight excluding hydrogens is 241 g/mol. The second-order valence-corrected chi connectivity index (χ2v) is 3.66. The van der Waals surface area contributed by atoms with Gasteiger partial charge < -0.3 is 10.5 Å². The Labute approximate surface area is 101 Å². The van der Waals surface area contributed by atoms with Crippen molar-refractivity contribution in [2.75, 3.05) is 11.4 Å². The lowest BCUT2D eigenvalue weighted by molar-refractivity contribution is -0.124. The Bertz CT molecular complexity index is 567. The number of cyclic esters (lactones) is 1. The number of ether oxygens (including phenoxy) is 1. The van der Waals surface area contributed by atoms with Gasteiger partial charge in [0.2, 0.25) is 0 Å². The first-order chi connectivity index (χ1) is 8.52. The lowest BCUT2D eigenvalue weighted by Gasteiger charge is -2.12. The number of primary amides is 1. The SMILES string of the molecule is N#Cc1ccc(N2C[C@@H](C(N)=O)OC2=O)cc1F. The average molecular weight is 249 g/mol. The third-order valence-electron chi connectivity index (χ3n) is 2.51. The molecule has 0 radical (unpaired) electrons. The molecule has 6 nitrogen and oxygen atoms in total. The van der Waals surface area contributed by atoms with Gasteiger partial charge in [0.05, 0.1) is 17.8 Å². The summed E-state index contributed by atoms with van der Waals surface area (Å²) in [5.41, 5.74) is 5.10. The average Bonchev–Trinajstić information content (AvgIpc) is 2.71. The molecular formula is C11H8FN3O3. The number of anilines is 1. The fraction of sp³-hybridized carbons (Fsp3) is 0.182. The second-order valence-electron chi connectivity index (χ2n) is 3.66. The number of hydrogen-bond donors (Lipinski definition) is 1. The number of nitrogens with two attached hydrogens (primary N) is 1. The van der Waals surface area contributed by atoms with Crippen molar-refractivity contribution in [1.82, 2.24) is 0 Å². The number of carbonyl (C=O) groups is 2. The number of rotatable bonds is 2. The quantitative estimate of drug-likeness (QED) is 0.825. The lowest BCUT2D eigenvalue weighted by Crippen LogP contribution is -2.32. The molecule has 18 heavy (non-hydrogen) atoms. The van der Waals surface area contributed by atoms with Gasteiger partial charge in [0.15, 0.2) is 6.10 Å². The van der Waals surface area contributed by atoms with Crippen LogP contribution in [-0.2, 0) is 9.53 Å². The Balaban J connectivity index is 2.28. The largest absolute Gasteiger partial charge is 0.434 e. The molecule has 92 valence electrons. The number of nitriles is 1. The van der Waals surface area contributed by atoms with E-state index in [4.69, 9.17) is 15.7 Å². The van der Waals surface area contributed by atoms with Crippen LogP contribution >= 0.6 is 0 Å². The molecule has 2 N–H and O–H groups in total. The standard InChI is InChI=1S/C11H8FN3O3/c12-8-3-7(2-1-6(8)4-13)15-5-9(10(14)16)18-11(15)17/h1-3,9H,5H2,(H2,14,16)/t9-/m0/s1. The molecule has 7 heteroatoms. The third kappa shape index (κ3) is 1.96. The van der Waals surface area contributed by atoms with E-state index in [1.165, 1.54) is 12.1 Å². The first-order valence-electron chi connectivity index (χ1n) is 5.00. The van der Waals surface area contributed by atoms with Gasteiger partial charge in [0.1, 0.15) is 11.9 Å². The van der Waals surface area contributed by atoms with Crippen molar-refractivity contribution in [2.24, 2.45) is 5.73 Å². The molecule has 1 saturated heterocycles. The van der Waals surface area contributed by atoms with E-state index in [2.05, 4.69) is 0 Å². The fourth-order valence-electron chi connectivity index (χ4n) is 1.58. The number of amides is 2. The topological polar surface area (TPSA) is 96.4 Å². The molecule has 0 aliphatic carbocycles. The smallest absolute Gasteiger partial charge is 0.415 e. The monoisotopic (exact) mass is 249 g/mol. The summed E-state index contributed by atoms with van der Waals surface area (Å²) in [5, 5.41) is 8.59. The zero-order valence-electron chi connectivity index (χ0n) is 9.09. The van der Waals surface area contributed by atoms with Crippen LogP contribution in [-0.4, -0.2) is 24.6 Å². The molecule has 0 bridgehead atoms. The van der Waals surface area contributed by atoms with Crippen LogP contribution in [0.2, 0.25) is 0 Å². The highest BCUT2D eigenvalue weighted by Crippen LogP contribution is 2.23. The lowest BCUT2D eigenvalue weighted by atomic mass is 10.2. The highest BCUT2D eigenvalue weighted by Gasteiger charge is 2.35. The second kappa shape index (κ2) is 4.33. The minimum Gasteiger partial charge on any atom is -0.434 e. The minimum atomic E-state index is -1.05. The molecule has 1 aromatic carbocycles. The van der Waals surface area contributed by atoms with Gasteiger partial charge in [0.25, 0.3) is 5.91 Å². The van der Waals surface area contributed by atoms with Crippen molar-refractivity contribution >= 4 is 17.7 Å². The van der Waals surface area contributed by atoms with E-state index in [1.54, 1.807) is 6.07 Å². The number of benzene rings is 1. The van der Waals surface area contributed by atoms with Crippen molar-refractivity contribution < 1.29 is 18.7 Å². The van der Waals surface area contributed by atoms with E-state index in [0.29, 0.717) is 0 Å². The third-order valence-corrected chi connectivity index (χ3v) is 2.51. The maximum atomic E-state index is 13.4. The van der Waals surface area contributed by atoms with Crippen LogP contribution in [0.25, 0.3) is 0 Å². The molecule has 1 heterocycles. The zero-order valence-corrected chi connectivity index (χ0v) is 9.09. The zero-order chi connectivity index (χ0) is 13.3. The van der Waals surface area contributed by atoms with Crippen LogP contribution in [0.15, 0.2) is 18.2 Å². The van der Waals surface area contributed by atoms with E-state index < -0.39 is 23.9 Å². The Kier molecular flexibility index (Phi) is 2.85. The van der Waals surface area contributed by atoms with Crippen molar-refractivity contribution in [2.45, 2.75) is 6.10 Å². The molecule has 0 aromatic heterocycles. The van der Waals surface area contributed by atoms with Crippen LogP contribution in [0.5, 0.6) is 0 Å². The molecule has 1 aromatic rings. The van der Waals surface area contributed by atoms with Gasteiger partial charge in [-0.05, 0) is 18.2 Å².